The van der Waals surface area contributed by atoms with Gasteiger partial charge in [0.2, 0.25) is 0 Å². The maximum absolute atomic E-state index is 14.2. The van der Waals surface area contributed by atoms with Crippen LogP contribution in [-0.4, -0.2) is 28.3 Å². The van der Waals surface area contributed by atoms with Gasteiger partial charge in [0.05, 0.1) is 12.6 Å². The first-order valence-electron chi connectivity index (χ1n) is 16.1. The predicted octanol–water partition coefficient (Wildman–Crippen LogP) is 6.69. The molecule has 0 radical (unpaired) electrons. The number of hydrogen-bond acceptors (Lipinski definition) is 2. The quantitative estimate of drug-likeness (QED) is 0.0901. The SMILES string of the molecule is CC(C)Cc1ccc([N+](C)(c2ccc(CC(C)C)cc2)c2cccc(C(=O)c3cc(CCCC(=O)O)n4ccccc34)c2)cc1.[H-].[Na+]. The van der Waals surface area contributed by atoms with Crippen LogP contribution < -0.4 is 34.0 Å². The van der Waals surface area contributed by atoms with Gasteiger partial charge in [-0.3, -0.25) is 9.59 Å². The number of carbonyl (C=O) groups is 2. The molecular weight excluding hydrogens is 579 g/mol. The maximum Gasteiger partial charge on any atom is 1.00 e. The zero-order valence-electron chi connectivity index (χ0n) is 29.2. The van der Waals surface area contributed by atoms with E-state index in [1.165, 1.54) is 11.1 Å². The molecule has 0 fully saturated rings. The Labute approximate surface area is 297 Å². The fourth-order valence-corrected chi connectivity index (χ4v) is 6.35. The number of aromatic nitrogens is 1. The second-order valence-corrected chi connectivity index (χ2v) is 13.2. The molecule has 0 amide bonds. The van der Waals surface area contributed by atoms with Crippen LogP contribution in [-0.2, 0) is 24.1 Å². The van der Waals surface area contributed by atoms with Crippen LogP contribution in [0.5, 0.6) is 0 Å². The maximum atomic E-state index is 14.2. The van der Waals surface area contributed by atoms with Crippen LogP contribution in [0.25, 0.3) is 5.52 Å². The van der Waals surface area contributed by atoms with E-state index < -0.39 is 5.97 Å². The third-order valence-electron chi connectivity index (χ3n) is 8.64. The molecule has 3 aromatic carbocycles. The average Bonchev–Trinajstić information content (AvgIpc) is 3.39. The molecule has 0 saturated heterocycles. The molecule has 2 heterocycles. The van der Waals surface area contributed by atoms with Gasteiger partial charge in [0.15, 0.2) is 5.78 Å². The molecule has 1 N–H and O–H groups in total. The molecule has 0 atom stereocenters. The number of fused-ring (bicyclic) bond motifs is 1. The van der Waals surface area contributed by atoms with Crippen LogP contribution in [0.3, 0.4) is 0 Å². The van der Waals surface area contributed by atoms with Crippen LogP contribution in [0.1, 0.15) is 74.7 Å². The second kappa shape index (κ2) is 15.4. The third kappa shape index (κ3) is 7.90. The van der Waals surface area contributed by atoms with Gasteiger partial charge in [0.1, 0.15) is 17.1 Å². The monoisotopic (exact) mass is 625 g/mol. The number of ketones is 1. The van der Waals surface area contributed by atoms with Crippen molar-refractivity contribution in [1.29, 1.82) is 0 Å². The number of benzene rings is 3. The standard InChI is InChI=1S/C40H44N2O3.Na.H/c1-28(2)24-30-15-19-34(20-16-30)42(5,35-21-17-31(18-22-35)25-29(3)4)36-12-8-10-32(26-36)40(45)37-27-33(11-9-14-39(43)44)41-23-7-6-13-38(37)41;;/h6-8,10,12-13,15-23,26-29H,9,11,14,24-25H2,1-5H3;;/q;+1;-1/p+1. The van der Waals surface area contributed by atoms with Gasteiger partial charge < -0.3 is 10.9 Å². The van der Waals surface area contributed by atoms with Crippen molar-refractivity contribution in [2.75, 3.05) is 7.05 Å². The Morgan fingerprint density at radius 1 is 0.761 bits per heavy atom. The number of carbonyl (C=O) groups excluding carboxylic acids is 1. The van der Waals surface area contributed by atoms with Gasteiger partial charge in [-0.05, 0) is 66.8 Å². The minimum atomic E-state index is -0.811. The molecule has 0 aliphatic carbocycles. The number of aliphatic carboxylic acids is 1. The minimum absolute atomic E-state index is 0. The van der Waals surface area contributed by atoms with E-state index in [0.717, 1.165) is 41.1 Å². The second-order valence-electron chi connectivity index (χ2n) is 13.2. The summed E-state index contributed by atoms with van der Waals surface area (Å²) in [5.41, 5.74) is 8.90. The van der Waals surface area contributed by atoms with Gasteiger partial charge >= 0.3 is 35.5 Å². The zero-order chi connectivity index (χ0) is 32.1. The Kier molecular flexibility index (Phi) is 11.8. The fraction of sp³-hybridized carbons (Fsp3) is 0.300. The van der Waals surface area contributed by atoms with E-state index in [2.05, 4.69) is 89.3 Å². The summed E-state index contributed by atoms with van der Waals surface area (Å²) in [6.45, 7) is 8.96. The van der Waals surface area contributed by atoms with E-state index in [1.54, 1.807) is 0 Å². The Morgan fingerprint density at radius 3 is 1.89 bits per heavy atom. The molecular formula is C40H46N2NaO3+. The first kappa shape index (κ1) is 35.4. The smallest absolute Gasteiger partial charge is 1.00 e. The number of aryl methyl sites for hydroxylation is 1. The van der Waals surface area contributed by atoms with Crippen molar-refractivity contribution in [3.63, 3.8) is 0 Å². The summed E-state index contributed by atoms with van der Waals surface area (Å²) in [6.07, 6.45) is 5.20. The van der Waals surface area contributed by atoms with Gasteiger partial charge in [-0.25, -0.2) is 4.48 Å². The topological polar surface area (TPSA) is 58.8 Å². The molecule has 0 bridgehead atoms. The third-order valence-corrected chi connectivity index (χ3v) is 8.64. The summed E-state index contributed by atoms with van der Waals surface area (Å²) in [7, 11) is 2.20. The molecule has 0 spiro atoms. The number of rotatable bonds is 13. The van der Waals surface area contributed by atoms with Gasteiger partial charge in [0, 0.05) is 65.8 Å². The summed E-state index contributed by atoms with van der Waals surface area (Å²) in [4.78, 5) is 25.3. The number of carboxylic acids is 1. The van der Waals surface area contributed by atoms with E-state index in [0.29, 0.717) is 40.3 Å². The van der Waals surface area contributed by atoms with Crippen molar-refractivity contribution in [3.05, 3.63) is 131 Å². The molecule has 0 unspecified atom stereocenters. The molecule has 5 rings (SSSR count). The molecule has 0 saturated carbocycles. The van der Waals surface area contributed by atoms with E-state index in [4.69, 9.17) is 5.11 Å². The van der Waals surface area contributed by atoms with Gasteiger partial charge in [-0.1, -0.05) is 70.2 Å². The van der Waals surface area contributed by atoms with Crippen molar-refractivity contribution in [3.8, 4) is 0 Å². The Morgan fingerprint density at radius 2 is 1.35 bits per heavy atom. The fourth-order valence-electron chi connectivity index (χ4n) is 6.35. The van der Waals surface area contributed by atoms with E-state index in [-0.39, 0.29) is 43.2 Å². The number of pyridine rings is 1. The Hall–Kier alpha value is -3.48. The molecule has 0 aliphatic heterocycles. The summed E-state index contributed by atoms with van der Waals surface area (Å²) in [6, 6.07) is 33.6. The molecule has 6 heteroatoms. The first-order chi connectivity index (χ1) is 21.6. The minimum Gasteiger partial charge on any atom is -1.00 e. The van der Waals surface area contributed by atoms with Crippen molar-refractivity contribution in [2.45, 2.75) is 59.8 Å². The normalized spacial score (nSPS) is 11.6. The van der Waals surface area contributed by atoms with Crippen molar-refractivity contribution in [2.24, 2.45) is 11.8 Å². The Bertz CT molecular complexity index is 1740. The molecule has 46 heavy (non-hydrogen) atoms. The number of carboxylic acid groups (broad SMARTS) is 1. The van der Waals surface area contributed by atoms with E-state index in [9.17, 15) is 9.59 Å². The van der Waals surface area contributed by atoms with Crippen LogP contribution in [0, 0.1) is 11.8 Å². The van der Waals surface area contributed by atoms with Crippen molar-refractivity contribution < 1.29 is 45.7 Å². The van der Waals surface area contributed by atoms with Crippen LogP contribution >= 0.6 is 0 Å². The average molecular weight is 626 g/mol. The zero-order valence-corrected chi connectivity index (χ0v) is 30.2. The van der Waals surface area contributed by atoms with Gasteiger partial charge in [-0.2, -0.15) is 0 Å². The molecule has 2 aromatic heterocycles. The molecule has 234 valence electrons. The van der Waals surface area contributed by atoms with Crippen LogP contribution in [0.4, 0.5) is 17.1 Å². The summed E-state index contributed by atoms with van der Waals surface area (Å²) in [5, 5.41) is 9.14. The van der Waals surface area contributed by atoms with Crippen LogP contribution in [0.15, 0.2) is 103 Å². The first-order valence-corrected chi connectivity index (χ1v) is 16.1. The van der Waals surface area contributed by atoms with Crippen molar-refractivity contribution in [1.82, 2.24) is 8.88 Å². The van der Waals surface area contributed by atoms with E-state index >= 15 is 0 Å². The van der Waals surface area contributed by atoms with Crippen LogP contribution in [0.2, 0.25) is 0 Å². The van der Waals surface area contributed by atoms with E-state index in [1.807, 2.05) is 53.1 Å². The number of nitrogens with zero attached hydrogens (tertiary/aromatic N) is 2. The molecule has 5 aromatic rings. The number of hydrogen-bond donors (Lipinski definition) is 1. The molecule has 5 nitrogen and oxygen atoms in total. The van der Waals surface area contributed by atoms with Crippen molar-refractivity contribution >= 4 is 34.3 Å². The number of quaternary nitrogens is 1. The largest absolute Gasteiger partial charge is 1.00 e. The summed E-state index contributed by atoms with van der Waals surface area (Å²) in [5.74, 6) is 0.303. The molecule has 0 aliphatic rings. The van der Waals surface area contributed by atoms with Gasteiger partial charge in [0.25, 0.3) is 0 Å². The summed E-state index contributed by atoms with van der Waals surface area (Å²) >= 11 is 0. The summed E-state index contributed by atoms with van der Waals surface area (Å²) < 4.78 is 2.43. The Balaban J connectivity index is 0.00000300. The predicted molar refractivity (Wildman–Crippen MR) is 186 cm³/mol. The van der Waals surface area contributed by atoms with Gasteiger partial charge in [-0.15, -0.1) is 0 Å².